The number of phenols is 4. The third kappa shape index (κ3) is 8.77. The monoisotopic (exact) mass is 750 g/mol. The van der Waals surface area contributed by atoms with Gasteiger partial charge in [-0.3, -0.25) is 19.2 Å². The van der Waals surface area contributed by atoms with Crippen LogP contribution in [0.4, 0.5) is 22.7 Å². The Bertz CT molecular complexity index is 2220. The summed E-state index contributed by atoms with van der Waals surface area (Å²) < 4.78 is 0. The Morgan fingerprint density at radius 3 is 0.768 bits per heavy atom. The summed E-state index contributed by atoms with van der Waals surface area (Å²) in [5.74, 6) is -3.45. The van der Waals surface area contributed by atoms with Gasteiger partial charge in [0.15, 0.2) is 0 Å². The van der Waals surface area contributed by atoms with Gasteiger partial charge in [-0.05, 0) is 146 Å². The summed E-state index contributed by atoms with van der Waals surface area (Å²) >= 11 is 0. The van der Waals surface area contributed by atoms with Crippen LogP contribution in [-0.2, 0) is 0 Å². The first-order valence-electron chi connectivity index (χ1n) is 17.4. The van der Waals surface area contributed by atoms with E-state index in [0.717, 1.165) is 22.3 Å². The maximum atomic E-state index is 13.8. The third-order valence-corrected chi connectivity index (χ3v) is 8.85. The average Bonchev–Trinajstić information content (AvgIpc) is 3.17. The molecule has 6 rings (SSSR count). The second kappa shape index (κ2) is 15.8. The molecule has 0 aliphatic rings. The van der Waals surface area contributed by atoms with E-state index in [1.54, 1.807) is 76.2 Å². The number of nitrogens with one attached hydrogen (secondary N) is 4. The number of benzene rings is 6. The SMILES string of the molecule is Cc1ccc(O)c(NC(=O)c2cc(C(=O)Nc3cc(C)ccc3O)cc(-c3cc(C(=O)Nc4cc(C)ccc4O)cc(C(=O)Nc4cc(C)ccc4O)c3)c2)c1. The van der Waals surface area contributed by atoms with Gasteiger partial charge in [0.05, 0.1) is 22.7 Å². The number of aryl methyl sites for hydroxylation is 4. The zero-order chi connectivity index (χ0) is 40.3. The first-order valence-corrected chi connectivity index (χ1v) is 17.4. The Kier molecular flexibility index (Phi) is 10.8. The molecule has 0 fully saturated rings. The molecule has 8 N–H and O–H groups in total. The standard InChI is InChI=1S/C44H38N4O8/c1-23-5-9-37(49)33(13-23)45-41(53)29-17-27(18-30(21-29)42(54)46-34-14-24(2)6-10-38(34)50)28-19-31(43(55)47-35-15-25(3)7-11-39(35)51)22-32(20-28)44(56)48-36-16-26(4)8-12-40(36)52/h5-22,49-52H,1-4H3,(H,45,53)(H,46,54)(H,47,55)(H,48,56). The maximum absolute atomic E-state index is 13.8. The number of hydrogen-bond donors (Lipinski definition) is 8. The molecule has 6 aromatic carbocycles. The summed E-state index contributed by atoms with van der Waals surface area (Å²) in [5, 5.41) is 52.5. The quantitative estimate of drug-likeness (QED) is 0.0674. The summed E-state index contributed by atoms with van der Waals surface area (Å²) in [7, 11) is 0. The van der Waals surface area contributed by atoms with Gasteiger partial charge in [0.25, 0.3) is 23.6 Å². The lowest BCUT2D eigenvalue weighted by Crippen LogP contribution is -2.17. The first kappa shape index (κ1) is 38.1. The van der Waals surface area contributed by atoms with Crippen molar-refractivity contribution in [3.8, 4) is 34.1 Å². The van der Waals surface area contributed by atoms with Gasteiger partial charge < -0.3 is 41.7 Å². The van der Waals surface area contributed by atoms with Crippen LogP contribution in [-0.4, -0.2) is 44.1 Å². The lowest BCUT2D eigenvalue weighted by Gasteiger charge is -2.15. The van der Waals surface area contributed by atoms with E-state index in [1.165, 1.54) is 60.7 Å². The smallest absolute Gasteiger partial charge is 0.255 e. The second-order valence-electron chi connectivity index (χ2n) is 13.5. The van der Waals surface area contributed by atoms with Crippen LogP contribution in [0.3, 0.4) is 0 Å². The normalized spacial score (nSPS) is 10.7. The van der Waals surface area contributed by atoms with E-state index in [9.17, 15) is 39.6 Å². The fraction of sp³-hybridized carbons (Fsp3) is 0.0909. The van der Waals surface area contributed by atoms with Crippen LogP contribution in [0.15, 0.2) is 109 Å². The predicted octanol–water partition coefficient (Wildman–Crippen LogP) is 8.42. The highest BCUT2D eigenvalue weighted by Crippen LogP contribution is 2.32. The Labute approximate surface area is 322 Å². The molecule has 0 saturated heterocycles. The van der Waals surface area contributed by atoms with Crippen molar-refractivity contribution in [3.63, 3.8) is 0 Å². The van der Waals surface area contributed by atoms with Crippen molar-refractivity contribution >= 4 is 46.4 Å². The van der Waals surface area contributed by atoms with E-state index in [2.05, 4.69) is 21.3 Å². The average molecular weight is 751 g/mol. The number of amides is 4. The minimum Gasteiger partial charge on any atom is -0.506 e. The molecule has 56 heavy (non-hydrogen) atoms. The summed E-state index contributed by atoms with van der Waals surface area (Å²) in [6.07, 6.45) is 0. The fourth-order valence-electron chi connectivity index (χ4n) is 5.89. The molecule has 0 bridgehead atoms. The Morgan fingerprint density at radius 2 is 0.554 bits per heavy atom. The molecule has 0 aromatic heterocycles. The summed E-state index contributed by atoms with van der Waals surface area (Å²) in [6.45, 7) is 7.15. The number of phenolic OH excluding ortho intramolecular Hbond substituents is 4. The van der Waals surface area contributed by atoms with E-state index in [4.69, 9.17) is 0 Å². The van der Waals surface area contributed by atoms with Gasteiger partial charge in [-0.15, -0.1) is 0 Å². The van der Waals surface area contributed by atoms with Gasteiger partial charge in [-0.25, -0.2) is 0 Å². The minimum atomic E-state index is -0.683. The molecule has 282 valence electrons. The number of rotatable bonds is 9. The topological polar surface area (TPSA) is 197 Å². The van der Waals surface area contributed by atoms with Crippen molar-refractivity contribution in [2.45, 2.75) is 27.7 Å². The maximum Gasteiger partial charge on any atom is 0.255 e. The molecule has 0 radical (unpaired) electrons. The number of anilines is 4. The van der Waals surface area contributed by atoms with Crippen molar-refractivity contribution in [1.29, 1.82) is 0 Å². The minimum absolute atomic E-state index is 0.0164. The van der Waals surface area contributed by atoms with Crippen LogP contribution in [0.5, 0.6) is 23.0 Å². The summed E-state index contributed by atoms with van der Waals surface area (Å²) in [6, 6.07) is 27.3. The molecule has 0 saturated carbocycles. The molecule has 0 atom stereocenters. The predicted molar refractivity (Wildman–Crippen MR) is 215 cm³/mol. The lowest BCUT2D eigenvalue weighted by atomic mass is 9.95. The van der Waals surface area contributed by atoms with Gasteiger partial charge in [0.2, 0.25) is 0 Å². The molecule has 0 heterocycles. The van der Waals surface area contributed by atoms with E-state index < -0.39 is 23.6 Å². The van der Waals surface area contributed by atoms with Gasteiger partial charge >= 0.3 is 0 Å². The molecule has 0 unspecified atom stereocenters. The molecule has 0 spiro atoms. The highest BCUT2D eigenvalue weighted by molar-refractivity contribution is 6.13. The number of carbonyl (C=O) groups is 4. The lowest BCUT2D eigenvalue weighted by molar-refractivity contribution is 0.101. The van der Waals surface area contributed by atoms with Gasteiger partial charge in [0, 0.05) is 22.3 Å². The van der Waals surface area contributed by atoms with E-state index in [0.29, 0.717) is 0 Å². The number of aromatic hydroxyl groups is 4. The van der Waals surface area contributed by atoms with E-state index >= 15 is 0 Å². The van der Waals surface area contributed by atoms with Crippen LogP contribution in [0.2, 0.25) is 0 Å². The number of hydrogen-bond acceptors (Lipinski definition) is 8. The van der Waals surface area contributed by atoms with Crippen molar-refractivity contribution in [1.82, 2.24) is 0 Å². The molecule has 0 aliphatic heterocycles. The summed E-state index contributed by atoms with van der Waals surface area (Å²) in [5.41, 5.74) is 4.01. The molecular formula is C44H38N4O8. The second-order valence-corrected chi connectivity index (χ2v) is 13.5. The fourth-order valence-corrected chi connectivity index (χ4v) is 5.89. The van der Waals surface area contributed by atoms with Crippen molar-refractivity contribution in [2.75, 3.05) is 21.3 Å². The van der Waals surface area contributed by atoms with E-state index in [-0.39, 0.29) is 79.1 Å². The van der Waals surface area contributed by atoms with Crippen LogP contribution >= 0.6 is 0 Å². The van der Waals surface area contributed by atoms with Crippen molar-refractivity contribution < 1.29 is 39.6 Å². The number of carbonyl (C=O) groups excluding carboxylic acids is 4. The molecule has 4 amide bonds. The van der Waals surface area contributed by atoms with Gasteiger partial charge in [-0.1, -0.05) is 24.3 Å². The van der Waals surface area contributed by atoms with Crippen molar-refractivity contribution in [2.24, 2.45) is 0 Å². The van der Waals surface area contributed by atoms with Crippen LogP contribution in [0.25, 0.3) is 11.1 Å². The highest BCUT2D eigenvalue weighted by Gasteiger charge is 2.21. The molecule has 12 nitrogen and oxygen atoms in total. The van der Waals surface area contributed by atoms with E-state index in [1.807, 2.05) is 0 Å². The Morgan fingerprint density at radius 1 is 0.339 bits per heavy atom. The largest absolute Gasteiger partial charge is 0.506 e. The zero-order valence-electron chi connectivity index (χ0n) is 30.8. The molecule has 0 aliphatic carbocycles. The first-order chi connectivity index (χ1) is 26.6. The van der Waals surface area contributed by atoms with Crippen LogP contribution < -0.4 is 21.3 Å². The third-order valence-electron chi connectivity index (χ3n) is 8.85. The van der Waals surface area contributed by atoms with Crippen LogP contribution in [0.1, 0.15) is 63.7 Å². The Hall–Kier alpha value is -7.60. The van der Waals surface area contributed by atoms with Gasteiger partial charge in [0.1, 0.15) is 23.0 Å². The highest BCUT2D eigenvalue weighted by atomic mass is 16.3. The molecule has 6 aromatic rings. The zero-order valence-corrected chi connectivity index (χ0v) is 30.8. The molecule has 12 heteroatoms. The van der Waals surface area contributed by atoms with Crippen molar-refractivity contribution in [3.05, 3.63) is 154 Å². The molecular weight excluding hydrogens is 713 g/mol. The Balaban J connectivity index is 1.48. The van der Waals surface area contributed by atoms with Crippen LogP contribution in [0, 0.1) is 27.7 Å². The van der Waals surface area contributed by atoms with Gasteiger partial charge in [-0.2, -0.15) is 0 Å². The summed E-state index contributed by atoms with van der Waals surface area (Å²) in [4.78, 5) is 55.2.